The zero-order valence-corrected chi connectivity index (χ0v) is 15.0. The number of halogens is 2. The second kappa shape index (κ2) is 8.12. The minimum Gasteiger partial charge on any atom is -0.477 e. The van der Waals surface area contributed by atoms with Crippen molar-refractivity contribution >= 4 is 39.1 Å². The van der Waals surface area contributed by atoms with E-state index in [1.807, 2.05) is 31.2 Å². The lowest BCUT2D eigenvalue weighted by atomic mass is 10.1. The summed E-state index contributed by atoms with van der Waals surface area (Å²) in [6, 6.07) is 11.3. The number of nitro groups is 1. The molecule has 24 heavy (non-hydrogen) atoms. The van der Waals surface area contributed by atoms with Gasteiger partial charge in [0.1, 0.15) is 0 Å². The van der Waals surface area contributed by atoms with Crippen LogP contribution >= 0.6 is 27.5 Å². The molecule has 0 unspecified atom stereocenters. The van der Waals surface area contributed by atoms with Gasteiger partial charge in [-0.1, -0.05) is 45.7 Å². The maximum Gasteiger partial charge on any atom is 0.312 e. The molecule has 0 fully saturated rings. The maximum absolute atomic E-state index is 12.0. The average molecular weight is 414 g/mol. The van der Waals surface area contributed by atoms with Crippen LogP contribution in [0.25, 0.3) is 0 Å². The number of hydrogen-bond donors (Lipinski definition) is 1. The number of rotatable bonds is 6. The monoisotopic (exact) mass is 412 g/mol. The lowest BCUT2D eigenvalue weighted by Crippen LogP contribution is -2.31. The average Bonchev–Trinajstić information content (AvgIpc) is 2.53. The van der Waals surface area contributed by atoms with Gasteiger partial charge in [0.25, 0.3) is 5.91 Å². The molecule has 2 rings (SSSR count). The smallest absolute Gasteiger partial charge is 0.312 e. The Bertz CT molecular complexity index is 769. The van der Waals surface area contributed by atoms with Crippen molar-refractivity contribution < 1.29 is 14.5 Å². The van der Waals surface area contributed by atoms with Gasteiger partial charge in [0.15, 0.2) is 12.4 Å². The topological polar surface area (TPSA) is 81.5 Å². The Kier molecular flexibility index (Phi) is 6.16. The third kappa shape index (κ3) is 4.69. The second-order valence-electron chi connectivity index (χ2n) is 4.97. The van der Waals surface area contributed by atoms with E-state index in [4.69, 9.17) is 16.3 Å². The summed E-state index contributed by atoms with van der Waals surface area (Å²) in [4.78, 5) is 22.4. The Morgan fingerprint density at radius 1 is 1.38 bits per heavy atom. The highest BCUT2D eigenvalue weighted by molar-refractivity contribution is 9.10. The SMILES string of the molecule is C[C@@H](NC(=O)COc1ccc(Cl)cc1[N+](=O)[O-])c1ccccc1Br. The van der Waals surface area contributed by atoms with Crippen molar-refractivity contribution in [3.8, 4) is 5.75 Å². The van der Waals surface area contributed by atoms with Crippen LogP contribution < -0.4 is 10.1 Å². The summed E-state index contributed by atoms with van der Waals surface area (Å²) in [5, 5.41) is 14.0. The Balaban J connectivity index is 1.99. The minimum absolute atomic E-state index is 0.00639. The van der Waals surface area contributed by atoms with Crippen LogP contribution in [0.5, 0.6) is 5.75 Å². The molecule has 0 bridgehead atoms. The molecule has 8 heteroatoms. The quantitative estimate of drug-likeness (QED) is 0.566. The van der Waals surface area contributed by atoms with E-state index in [9.17, 15) is 14.9 Å². The molecule has 0 aliphatic rings. The summed E-state index contributed by atoms with van der Waals surface area (Å²) >= 11 is 9.16. The number of benzene rings is 2. The summed E-state index contributed by atoms with van der Waals surface area (Å²) in [6.45, 7) is 1.50. The first-order valence-corrected chi connectivity index (χ1v) is 8.16. The van der Waals surface area contributed by atoms with Crippen molar-refractivity contribution in [2.75, 3.05) is 6.61 Å². The molecule has 0 aliphatic carbocycles. The second-order valence-corrected chi connectivity index (χ2v) is 6.26. The van der Waals surface area contributed by atoms with Crippen LogP contribution in [0.4, 0.5) is 5.69 Å². The van der Waals surface area contributed by atoms with Gasteiger partial charge in [-0.2, -0.15) is 0 Å². The van der Waals surface area contributed by atoms with E-state index in [1.54, 1.807) is 0 Å². The number of ether oxygens (including phenoxy) is 1. The largest absolute Gasteiger partial charge is 0.477 e. The van der Waals surface area contributed by atoms with Crippen molar-refractivity contribution in [1.29, 1.82) is 0 Å². The fraction of sp³-hybridized carbons (Fsp3) is 0.188. The van der Waals surface area contributed by atoms with Crippen molar-refractivity contribution in [2.24, 2.45) is 0 Å². The van der Waals surface area contributed by atoms with Gasteiger partial charge in [-0.25, -0.2) is 0 Å². The standard InChI is InChI=1S/C16H14BrClN2O4/c1-10(12-4-2-3-5-13(12)17)19-16(21)9-24-15-7-6-11(18)8-14(15)20(22)23/h2-8,10H,9H2,1H3,(H,19,21)/t10-/m1/s1. The van der Waals surface area contributed by atoms with Crippen LogP contribution in [0, 0.1) is 10.1 Å². The fourth-order valence-corrected chi connectivity index (χ4v) is 2.88. The third-order valence-corrected chi connectivity index (χ3v) is 4.18. The van der Waals surface area contributed by atoms with E-state index in [-0.39, 0.29) is 35.0 Å². The van der Waals surface area contributed by atoms with Gasteiger partial charge in [-0.15, -0.1) is 0 Å². The maximum atomic E-state index is 12.0. The first kappa shape index (κ1) is 18.2. The van der Waals surface area contributed by atoms with Crippen LogP contribution in [-0.2, 0) is 4.79 Å². The Hall–Kier alpha value is -2.12. The number of carbonyl (C=O) groups excluding carboxylic acids is 1. The zero-order valence-electron chi connectivity index (χ0n) is 12.7. The third-order valence-electron chi connectivity index (χ3n) is 3.23. The number of nitrogens with one attached hydrogen (secondary N) is 1. The summed E-state index contributed by atoms with van der Waals surface area (Å²) in [5.74, 6) is -0.393. The molecule has 0 saturated carbocycles. The van der Waals surface area contributed by atoms with Crippen molar-refractivity contribution in [3.05, 3.63) is 67.6 Å². The Labute approximate surface area is 152 Å². The van der Waals surface area contributed by atoms with Crippen LogP contribution in [0.15, 0.2) is 46.9 Å². The summed E-state index contributed by atoms with van der Waals surface area (Å²) in [5.41, 5.74) is 0.637. The van der Waals surface area contributed by atoms with Crippen LogP contribution in [-0.4, -0.2) is 17.4 Å². The van der Waals surface area contributed by atoms with E-state index in [1.165, 1.54) is 18.2 Å². The van der Waals surface area contributed by atoms with E-state index in [0.29, 0.717) is 0 Å². The molecule has 1 N–H and O–H groups in total. The van der Waals surface area contributed by atoms with Crippen molar-refractivity contribution in [3.63, 3.8) is 0 Å². The van der Waals surface area contributed by atoms with Crippen LogP contribution in [0.3, 0.4) is 0 Å². The van der Waals surface area contributed by atoms with Crippen molar-refractivity contribution in [1.82, 2.24) is 5.32 Å². The van der Waals surface area contributed by atoms with Gasteiger partial charge in [0.2, 0.25) is 0 Å². The Morgan fingerprint density at radius 2 is 2.08 bits per heavy atom. The molecule has 126 valence electrons. The molecular formula is C16H14BrClN2O4. The molecule has 1 atom stereocenters. The first-order chi connectivity index (χ1) is 11.4. The van der Waals surface area contributed by atoms with Gasteiger partial charge in [0, 0.05) is 15.6 Å². The molecule has 2 aromatic rings. The number of hydrogen-bond acceptors (Lipinski definition) is 4. The molecule has 1 amide bonds. The molecule has 0 aromatic heterocycles. The number of nitrogens with zero attached hydrogens (tertiary/aromatic N) is 1. The van der Waals surface area contributed by atoms with Crippen molar-refractivity contribution in [2.45, 2.75) is 13.0 Å². The molecule has 6 nitrogen and oxygen atoms in total. The predicted octanol–water partition coefficient (Wildman–Crippen LogP) is 4.27. The van der Waals surface area contributed by atoms with Gasteiger partial charge in [-0.3, -0.25) is 14.9 Å². The van der Waals surface area contributed by atoms with E-state index in [0.717, 1.165) is 10.0 Å². The highest BCUT2D eigenvalue weighted by atomic mass is 79.9. The van der Waals surface area contributed by atoms with Crippen LogP contribution in [0.2, 0.25) is 5.02 Å². The van der Waals surface area contributed by atoms with E-state index < -0.39 is 4.92 Å². The summed E-state index contributed by atoms with van der Waals surface area (Å²) in [6.07, 6.45) is 0. The first-order valence-electron chi connectivity index (χ1n) is 6.99. The summed E-state index contributed by atoms with van der Waals surface area (Å²) in [7, 11) is 0. The predicted molar refractivity (Wildman–Crippen MR) is 94.3 cm³/mol. The minimum atomic E-state index is -0.608. The van der Waals surface area contributed by atoms with Gasteiger partial charge in [0.05, 0.1) is 11.0 Å². The van der Waals surface area contributed by atoms with Crippen LogP contribution in [0.1, 0.15) is 18.5 Å². The van der Waals surface area contributed by atoms with E-state index >= 15 is 0 Å². The molecule has 0 saturated heterocycles. The molecule has 0 aliphatic heterocycles. The molecule has 0 heterocycles. The molecular weight excluding hydrogens is 400 g/mol. The lowest BCUT2D eigenvalue weighted by molar-refractivity contribution is -0.385. The fourth-order valence-electron chi connectivity index (χ4n) is 2.09. The van der Waals surface area contributed by atoms with Gasteiger partial charge < -0.3 is 10.1 Å². The van der Waals surface area contributed by atoms with Gasteiger partial charge in [-0.05, 0) is 30.7 Å². The highest BCUT2D eigenvalue weighted by Gasteiger charge is 2.18. The number of amides is 1. The molecule has 0 spiro atoms. The van der Waals surface area contributed by atoms with E-state index in [2.05, 4.69) is 21.2 Å². The normalized spacial score (nSPS) is 11.6. The number of nitro benzene ring substituents is 1. The molecule has 0 radical (unpaired) electrons. The number of carbonyl (C=O) groups is 1. The Morgan fingerprint density at radius 3 is 2.75 bits per heavy atom. The lowest BCUT2D eigenvalue weighted by Gasteiger charge is -2.16. The highest BCUT2D eigenvalue weighted by Crippen LogP contribution is 2.30. The molecule has 2 aromatic carbocycles. The van der Waals surface area contributed by atoms with Gasteiger partial charge >= 0.3 is 5.69 Å². The zero-order chi connectivity index (χ0) is 17.7. The summed E-state index contributed by atoms with van der Waals surface area (Å²) < 4.78 is 6.14.